The van der Waals surface area contributed by atoms with Gasteiger partial charge in [-0.3, -0.25) is 0 Å². The van der Waals surface area contributed by atoms with Gasteiger partial charge in [-0.25, -0.2) is 8.78 Å². The first-order valence-electron chi connectivity index (χ1n) is 5.70. The van der Waals surface area contributed by atoms with Gasteiger partial charge in [-0.05, 0) is 6.42 Å². The molecule has 15 heavy (non-hydrogen) atoms. The lowest BCUT2D eigenvalue weighted by atomic mass is 10.00. The molecule has 0 aromatic carbocycles. The Morgan fingerprint density at radius 3 is 2.07 bits per heavy atom. The normalized spacial score (nSPS) is 17.6. The van der Waals surface area contributed by atoms with E-state index in [-0.39, 0.29) is 0 Å². The van der Waals surface area contributed by atoms with E-state index in [1.807, 2.05) is 6.92 Å². The van der Waals surface area contributed by atoms with Gasteiger partial charge in [-0.15, -0.1) is 0 Å². The van der Waals surface area contributed by atoms with Crippen molar-refractivity contribution in [3.63, 3.8) is 0 Å². The lowest BCUT2D eigenvalue weighted by molar-refractivity contribution is -0.0431. The van der Waals surface area contributed by atoms with Gasteiger partial charge in [0.15, 0.2) is 0 Å². The summed E-state index contributed by atoms with van der Waals surface area (Å²) in [6.07, 6.45) is 1.36. The van der Waals surface area contributed by atoms with E-state index in [4.69, 9.17) is 0 Å². The summed E-state index contributed by atoms with van der Waals surface area (Å²) in [6, 6.07) is 0. The van der Waals surface area contributed by atoms with Gasteiger partial charge in [-0.1, -0.05) is 46.3 Å². The molecule has 0 rings (SSSR count). The van der Waals surface area contributed by atoms with E-state index in [0.717, 1.165) is 12.8 Å². The average Bonchev–Trinajstić information content (AvgIpc) is 2.10. The molecule has 0 unspecified atom stereocenters. The van der Waals surface area contributed by atoms with E-state index >= 15 is 0 Å². The monoisotopic (exact) mass is 238 g/mol. The van der Waals surface area contributed by atoms with Crippen molar-refractivity contribution in [1.29, 1.82) is 0 Å². The van der Waals surface area contributed by atoms with E-state index in [2.05, 4.69) is 0 Å². The van der Waals surface area contributed by atoms with E-state index < -0.39 is 25.6 Å². The molecule has 1 N–H and O–H groups in total. The molecule has 0 heterocycles. The van der Waals surface area contributed by atoms with Crippen molar-refractivity contribution in [1.82, 2.24) is 0 Å². The first kappa shape index (κ1) is 15.0. The molecule has 0 aliphatic carbocycles. The number of unbranched alkanes of at least 4 members (excludes halogenated alkanes) is 1. The first-order chi connectivity index (χ1) is 6.64. The molecule has 0 bridgehead atoms. The molecule has 0 radical (unpaired) electrons. The van der Waals surface area contributed by atoms with Crippen LogP contribution in [0.3, 0.4) is 0 Å². The maximum Gasteiger partial charge on any atom is 0.234 e. The highest BCUT2D eigenvalue weighted by Gasteiger charge is 2.51. The first-order valence-corrected chi connectivity index (χ1v) is 9.20. The third-order valence-electron chi connectivity index (χ3n) is 3.00. The number of halogens is 2. The summed E-state index contributed by atoms with van der Waals surface area (Å²) in [5.74, 6) is -0.921. The van der Waals surface area contributed by atoms with Crippen LogP contribution < -0.4 is 0 Å². The molecule has 0 fully saturated rings. The Morgan fingerprint density at radius 2 is 1.73 bits per heavy atom. The third kappa shape index (κ3) is 3.83. The molecule has 0 amide bonds. The summed E-state index contributed by atoms with van der Waals surface area (Å²) in [5, 5.41) is 9.69. The van der Waals surface area contributed by atoms with E-state index in [0.29, 0.717) is 6.42 Å². The SMILES string of the molecule is CCCC[C@@H](O)[C@H](C)C(F)(F)[Si](C)(C)C. The van der Waals surface area contributed by atoms with Gasteiger partial charge in [0.1, 0.15) is 8.07 Å². The Kier molecular flexibility index (Phi) is 5.40. The molecule has 0 aliphatic rings. The topological polar surface area (TPSA) is 20.2 Å². The minimum atomic E-state index is -2.69. The number of rotatable bonds is 6. The molecule has 4 heteroatoms. The molecular formula is C11H24F2OSi. The lowest BCUT2D eigenvalue weighted by Crippen LogP contribution is -2.52. The van der Waals surface area contributed by atoms with E-state index in [9.17, 15) is 13.9 Å². The standard InChI is InChI=1S/C11H24F2OSi/c1-6-7-8-10(14)9(2)11(12,13)15(3,4)5/h9-10,14H,6-8H2,1-5H3/t9-,10+/m0/s1. The minimum absolute atomic E-state index is 0.484. The molecule has 0 aromatic rings. The smallest absolute Gasteiger partial charge is 0.234 e. The van der Waals surface area contributed by atoms with E-state index in [1.165, 1.54) is 6.92 Å². The van der Waals surface area contributed by atoms with Crippen molar-refractivity contribution in [2.45, 2.75) is 64.4 Å². The number of aliphatic hydroxyl groups excluding tert-OH is 1. The Bertz CT molecular complexity index is 190. The molecule has 1 nitrogen and oxygen atoms in total. The molecule has 92 valence electrons. The van der Waals surface area contributed by atoms with Crippen molar-refractivity contribution in [2.75, 3.05) is 0 Å². The molecule has 2 atom stereocenters. The van der Waals surface area contributed by atoms with Crippen LogP contribution >= 0.6 is 0 Å². The van der Waals surface area contributed by atoms with Gasteiger partial charge in [0, 0.05) is 5.92 Å². The molecule has 0 aliphatic heterocycles. The zero-order chi connectivity index (χ0) is 12.3. The number of hydrogen-bond acceptors (Lipinski definition) is 1. The second-order valence-electron chi connectivity index (χ2n) is 5.37. The van der Waals surface area contributed by atoms with Gasteiger partial charge >= 0.3 is 0 Å². The van der Waals surface area contributed by atoms with Gasteiger partial charge in [0.25, 0.3) is 0 Å². The second kappa shape index (κ2) is 5.39. The molecular weight excluding hydrogens is 214 g/mol. The fourth-order valence-corrected chi connectivity index (χ4v) is 3.15. The highest BCUT2D eigenvalue weighted by molar-refractivity contribution is 6.78. The fraction of sp³-hybridized carbons (Fsp3) is 1.00. The van der Waals surface area contributed by atoms with Crippen molar-refractivity contribution < 1.29 is 13.9 Å². The van der Waals surface area contributed by atoms with Gasteiger partial charge < -0.3 is 5.11 Å². The maximum absolute atomic E-state index is 13.9. The Hall–Kier alpha value is 0.0369. The van der Waals surface area contributed by atoms with Crippen LogP contribution in [0.2, 0.25) is 19.6 Å². The number of aliphatic hydroxyl groups is 1. The second-order valence-corrected chi connectivity index (χ2v) is 10.5. The van der Waals surface area contributed by atoms with Crippen LogP contribution in [0.5, 0.6) is 0 Å². The summed E-state index contributed by atoms with van der Waals surface area (Å²) in [5.41, 5.74) is -2.69. The van der Waals surface area contributed by atoms with E-state index in [1.54, 1.807) is 19.6 Å². The highest BCUT2D eigenvalue weighted by Crippen LogP contribution is 2.37. The maximum atomic E-state index is 13.9. The zero-order valence-electron chi connectivity index (χ0n) is 10.5. The molecule has 0 aromatic heterocycles. The quantitative estimate of drug-likeness (QED) is 0.700. The Balaban J connectivity index is 4.48. The van der Waals surface area contributed by atoms with Crippen molar-refractivity contribution in [2.24, 2.45) is 5.92 Å². The van der Waals surface area contributed by atoms with Crippen molar-refractivity contribution >= 4 is 8.07 Å². The van der Waals surface area contributed by atoms with Crippen LogP contribution in [0.1, 0.15) is 33.1 Å². The zero-order valence-corrected chi connectivity index (χ0v) is 11.5. The predicted molar refractivity (Wildman–Crippen MR) is 63.0 cm³/mol. The summed E-state index contributed by atoms with van der Waals surface area (Å²) in [6.45, 7) is 8.41. The van der Waals surface area contributed by atoms with Crippen LogP contribution in [0.15, 0.2) is 0 Å². The summed E-state index contributed by atoms with van der Waals surface area (Å²) < 4.78 is 27.8. The predicted octanol–water partition coefficient (Wildman–Crippen LogP) is 3.69. The number of hydrogen-bond donors (Lipinski definition) is 1. The fourth-order valence-electron chi connectivity index (χ4n) is 1.59. The summed E-state index contributed by atoms with van der Waals surface area (Å²) in [7, 11) is -2.54. The number of alkyl halides is 2. The molecule has 0 spiro atoms. The lowest BCUT2D eigenvalue weighted by Gasteiger charge is -2.36. The van der Waals surface area contributed by atoms with Gasteiger partial charge in [-0.2, -0.15) is 0 Å². The van der Waals surface area contributed by atoms with Crippen molar-refractivity contribution in [3.8, 4) is 0 Å². The van der Waals surface area contributed by atoms with Crippen LogP contribution in [0.4, 0.5) is 8.78 Å². The Morgan fingerprint density at radius 1 is 1.27 bits per heavy atom. The molecule has 0 saturated heterocycles. The molecule has 0 saturated carbocycles. The van der Waals surface area contributed by atoms with Gasteiger partial charge in [0.2, 0.25) is 5.55 Å². The van der Waals surface area contributed by atoms with Crippen LogP contribution in [-0.2, 0) is 0 Å². The van der Waals surface area contributed by atoms with Crippen LogP contribution in [0, 0.1) is 5.92 Å². The highest BCUT2D eigenvalue weighted by atomic mass is 28.3. The van der Waals surface area contributed by atoms with Crippen LogP contribution in [-0.4, -0.2) is 24.8 Å². The van der Waals surface area contributed by atoms with Crippen molar-refractivity contribution in [3.05, 3.63) is 0 Å². The summed E-state index contributed by atoms with van der Waals surface area (Å²) in [4.78, 5) is 0. The summed E-state index contributed by atoms with van der Waals surface area (Å²) >= 11 is 0. The largest absolute Gasteiger partial charge is 0.393 e. The third-order valence-corrected chi connectivity index (χ3v) is 5.46. The minimum Gasteiger partial charge on any atom is -0.393 e. The van der Waals surface area contributed by atoms with Gasteiger partial charge in [0.05, 0.1) is 6.10 Å². The average molecular weight is 238 g/mol. The van der Waals surface area contributed by atoms with Crippen LogP contribution in [0.25, 0.3) is 0 Å². The Labute approximate surface area is 92.9 Å².